The van der Waals surface area contributed by atoms with Gasteiger partial charge in [-0.3, -0.25) is 14.5 Å². The van der Waals surface area contributed by atoms with Crippen LogP contribution in [0.3, 0.4) is 0 Å². The van der Waals surface area contributed by atoms with E-state index in [-0.39, 0.29) is 30.0 Å². The number of rotatable bonds is 6. The summed E-state index contributed by atoms with van der Waals surface area (Å²) >= 11 is 0. The molecular formula is C27H32F2N2O2. The van der Waals surface area contributed by atoms with Gasteiger partial charge < -0.3 is 4.90 Å². The number of hydrogen-bond acceptors (Lipinski definition) is 3. The molecule has 1 amide bonds. The lowest BCUT2D eigenvalue weighted by Crippen LogP contribution is -2.54. The zero-order chi connectivity index (χ0) is 23.5. The third-order valence-corrected chi connectivity index (χ3v) is 7.20. The van der Waals surface area contributed by atoms with E-state index in [2.05, 4.69) is 11.8 Å². The molecule has 176 valence electrons. The standard InChI is InChI=1S/C27H32F2N2O2/c1-18-16-30(11-12-31(18)27(33)21-5-3-4-6-21)17-23-14-25(29)13-22(19(23)2)15-26(32)20-7-9-24(28)10-8-20/h7-10,13-14,18,21H,3-6,11-12,15-17H2,1-2H3/t18-/m0/s1. The first-order valence-electron chi connectivity index (χ1n) is 11.9. The van der Waals surface area contributed by atoms with Crippen LogP contribution in [0.15, 0.2) is 36.4 Å². The molecule has 4 rings (SSSR count). The van der Waals surface area contributed by atoms with Crippen molar-refractivity contribution >= 4 is 11.7 Å². The van der Waals surface area contributed by atoms with Crippen molar-refractivity contribution in [2.24, 2.45) is 5.92 Å². The zero-order valence-electron chi connectivity index (χ0n) is 19.4. The van der Waals surface area contributed by atoms with E-state index < -0.39 is 5.82 Å². The Hall–Kier alpha value is -2.60. The molecule has 0 N–H and O–H groups in total. The van der Waals surface area contributed by atoms with E-state index in [0.717, 1.165) is 49.9 Å². The maximum atomic E-state index is 14.5. The molecule has 0 bridgehead atoms. The Bertz CT molecular complexity index is 1020. The van der Waals surface area contributed by atoms with Gasteiger partial charge in [0.1, 0.15) is 11.6 Å². The molecule has 2 fully saturated rings. The maximum Gasteiger partial charge on any atom is 0.226 e. The Kier molecular flexibility index (Phi) is 7.23. The van der Waals surface area contributed by atoms with Gasteiger partial charge in [0.2, 0.25) is 5.91 Å². The first-order chi connectivity index (χ1) is 15.8. The smallest absolute Gasteiger partial charge is 0.226 e. The minimum absolute atomic E-state index is 0.0717. The molecule has 2 aromatic rings. The van der Waals surface area contributed by atoms with E-state index in [9.17, 15) is 18.4 Å². The predicted molar refractivity (Wildman–Crippen MR) is 124 cm³/mol. The fraction of sp³-hybridized carbons (Fsp3) is 0.481. The van der Waals surface area contributed by atoms with Crippen LogP contribution in [0.1, 0.15) is 59.7 Å². The van der Waals surface area contributed by atoms with Crippen molar-refractivity contribution in [3.8, 4) is 0 Å². The fourth-order valence-electron chi connectivity index (χ4n) is 5.21. The highest BCUT2D eigenvalue weighted by molar-refractivity contribution is 5.97. The summed E-state index contributed by atoms with van der Waals surface area (Å²) in [5, 5.41) is 0. The molecule has 1 saturated heterocycles. The maximum absolute atomic E-state index is 14.5. The molecule has 33 heavy (non-hydrogen) atoms. The molecule has 1 aliphatic carbocycles. The number of piperazine rings is 1. The molecule has 1 atom stereocenters. The van der Waals surface area contributed by atoms with Crippen molar-refractivity contribution < 1.29 is 18.4 Å². The van der Waals surface area contributed by atoms with Gasteiger partial charge in [0.25, 0.3) is 0 Å². The topological polar surface area (TPSA) is 40.6 Å². The molecule has 1 heterocycles. The first-order valence-corrected chi connectivity index (χ1v) is 11.9. The van der Waals surface area contributed by atoms with E-state index in [0.29, 0.717) is 30.1 Å². The van der Waals surface area contributed by atoms with E-state index >= 15 is 0 Å². The summed E-state index contributed by atoms with van der Waals surface area (Å²) in [5.41, 5.74) is 2.84. The van der Waals surface area contributed by atoms with Crippen molar-refractivity contribution in [2.75, 3.05) is 19.6 Å². The molecular weight excluding hydrogens is 422 g/mol. The predicted octanol–water partition coefficient (Wildman–Crippen LogP) is 4.92. The minimum atomic E-state index is -0.393. The number of nitrogens with zero attached hydrogens (tertiary/aromatic N) is 2. The Labute approximate surface area is 194 Å². The van der Waals surface area contributed by atoms with Crippen LogP contribution < -0.4 is 0 Å². The summed E-state index contributed by atoms with van der Waals surface area (Å²) in [7, 11) is 0. The van der Waals surface area contributed by atoms with Gasteiger partial charge in [-0.2, -0.15) is 0 Å². The van der Waals surface area contributed by atoms with Crippen LogP contribution >= 0.6 is 0 Å². The van der Waals surface area contributed by atoms with Crippen molar-refractivity contribution in [1.29, 1.82) is 0 Å². The van der Waals surface area contributed by atoms with Crippen LogP contribution in [0.25, 0.3) is 0 Å². The monoisotopic (exact) mass is 454 g/mol. The van der Waals surface area contributed by atoms with E-state index in [4.69, 9.17) is 0 Å². The Balaban J connectivity index is 1.42. The van der Waals surface area contributed by atoms with E-state index in [1.807, 2.05) is 11.8 Å². The van der Waals surface area contributed by atoms with Crippen molar-refractivity contribution in [2.45, 2.75) is 58.5 Å². The number of carbonyl (C=O) groups excluding carboxylic acids is 2. The van der Waals surface area contributed by atoms with Crippen LogP contribution in [-0.2, 0) is 17.8 Å². The SMILES string of the molecule is Cc1c(CC(=O)c2ccc(F)cc2)cc(F)cc1CN1CCN(C(=O)C2CCCC2)[C@@H](C)C1. The molecule has 0 aromatic heterocycles. The summed E-state index contributed by atoms with van der Waals surface area (Å²) < 4.78 is 27.6. The fourth-order valence-corrected chi connectivity index (χ4v) is 5.21. The molecule has 0 radical (unpaired) electrons. The highest BCUT2D eigenvalue weighted by atomic mass is 19.1. The lowest BCUT2D eigenvalue weighted by Gasteiger charge is -2.41. The summed E-state index contributed by atoms with van der Waals surface area (Å²) in [4.78, 5) is 29.8. The number of hydrogen-bond donors (Lipinski definition) is 0. The molecule has 1 saturated carbocycles. The largest absolute Gasteiger partial charge is 0.337 e. The van der Waals surface area contributed by atoms with Crippen molar-refractivity contribution in [3.05, 3.63) is 70.3 Å². The van der Waals surface area contributed by atoms with Crippen LogP contribution in [0.2, 0.25) is 0 Å². The van der Waals surface area contributed by atoms with Crippen LogP contribution in [0.5, 0.6) is 0 Å². The van der Waals surface area contributed by atoms with Crippen LogP contribution in [0.4, 0.5) is 8.78 Å². The highest BCUT2D eigenvalue weighted by Gasteiger charge is 2.33. The first kappa shape index (κ1) is 23.6. The van der Waals surface area contributed by atoms with Gasteiger partial charge in [0.05, 0.1) is 0 Å². The Morgan fingerprint density at radius 3 is 2.30 bits per heavy atom. The van der Waals surface area contributed by atoms with Gasteiger partial charge in [-0.15, -0.1) is 0 Å². The number of carbonyl (C=O) groups is 2. The summed E-state index contributed by atoms with van der Waals surface area (Å²) in [6.45, 7) is 6.79. The van der Waals surface area contributed by atoms with Gasteiger partial charge in [-0.05, 0) is 79.8 Å². The number of amides is 1. The number of halogens is 2. The normalized spacial score (nSPS) is 19.8. The zero-order valence-corrected chi connectivity index (χ0v) is 19.4. The van der Waals surface area contributed by atoms with Crippen LogP contribution in [-0.4, -0.2) is 47.2 Å². The van der Waals surface area contributed by atoms with Crippen LogP contribution in [0, 0.1) is 24.5 Å². The second-order valence-corrected chi connectivity index (χ2v) is 9.55. The molecule has 0 unspecified atom stereocenters. The lowest BCUT2D eigenvalue weighted by atomic mass is 9.95. The van der Waals surface area contributed by atoms with Gasteiger partial charge in [-0.1, -0.05) is 12.8 Å². The minimum Gasteiger partial charge on any atom is -0.337 e. The average Bonchev–Trinajstić information content (AvgIpc) is 3.32. The second kappa shape index (κ2) is 10.1. The van der Waals surface area contributed by atoms with Gasteiger partial charge >= 0.3 is 0 Å². The second-order valence-electron chi connectivity index (χ2n) is 9.55. The molecule has 2 aromatic carbocycles. The van der Waals surface area contributed by atoms with E-state index in [1.54, 1.807) is 6.07 Å². The third-order valence-electron chi connectivity index (χ3n) is 7.20. The quantitative estimate of drug-likeness (QED) is 0.582. The molecule has 0 spiro atoms. The number of benzene rings is 2. The Morgan fingerprint density at radius 1 is 0.970 bits per heavy atom. The van der Waals surface area contributed by atoms with E-state index in [1.165, 1.54) is 30.3 Å². The summed E-state index contributed by atoms with van der Waals surface area (Å²) in [6.07, 6.45) is 4.38. The molecule has 1 aliphatic heterocycles. The Morgan fingerprint density at radius 2 is 1.64 bits per heavy atom. The van der Waals surface area contributed by atoms with Gasteiger partial charge in [0, 0.05) is 50.1 Å². The lowest BCUT2D eigenvalue weighted by molar-refractivity contribution is -0.140. The summed E-state index contributed by atoms with van der Waals surface area (Å²) in [5.74, 6) is -0.438. The molecule has 6 heteroatoms. The van der Waals surface area contributed by atoms with Crippen molar-refractivity contribution in [3.63, 3.8) is 0 Å². The highest BCUT2D eigenvalue weighted by Crippen LogP contribution is 2.28. The number of Topliss-reactive ketones (excluding diaryl/α,β-unsaturated/α-hetero) is 1. The van der Waals surface area contributed by atoms with Gasteiger partial charge in [-0.25, -0.2) is 8.78 Å². The third kappa shape index (κ3) is 5.49. The van der Waals surface area contributed by atoms with Crippen molar-refractivity contribution in [1.82, 2.24) is 9.80 Å². The van der Waals surface area contributed by atoms with Gasteiger partial charge in [0.15, 0.2) is 5.78 Å². The molecule has 2 aliphatic rings. The molecule has 4 nitrogen and oxygen atoms in total. The number of ketones is 1. The average molecular weight is 455 g/mol. The summed E-state index contributed by atoms with van der Waals surface area (Å²) in [6, 6.07) is 8.52.